The Morgan fingerprint density at radius 3 is 2.31 bits per heavy atom. The van der Waals surface area contributed by atoms with E-state index < -0.39 is 5.41 Å². The topological polar surface area (TPSA) is 46.2 Å². The molecule has 3 N–H and O–H groups in total. The molecule has 0 aliphatic carbocycles. The fourth-order valence-electron chi connectivity index (χ4n) is 1.13. The second-order valence-corrected chi connectivity index (χ2v) is 3.43. The molecule has 2 nitrogen and oxygen atoms in total. The summed E-state index contributed by atoms with van der Waals surface area (Å²) in [6.07, 6.45) is 0. The van der Waals surface area contributed by atoms with E-state index in [4.69, 9.17) is 10.8 Å². The third-order valence-electron chi connectivity index (χ3n) is 2.34. The highest BCUT2D eigenvalue weighted by Crippen LogP contribution is 2.21. The Kier molecular flexibility index (Phi) is 3.01. The van der Waals surface area contributed by atoms with Gasteiger partial charge in [-0.2, -0.15) is 0 Å². The number of aliphatic hydroxyl groups excluding tert-OH is 1. The zero-order valence-electron chi connectivity index (χ0n) is 7.63. The SMILES string of the molecule is CC(CN)(CO)c1ccc(F)cc1. The van der Waals surface area contributed by atoms with Crippen LogP contribution >= 0.6 is 0 Å². The molecule has 1 unspecified atom stereocenters. The lowest BCUT2D eigenvalue weighted by Gasteiger charge is -2.25. The molecular weight excluding hydrogens is 169 g/mol. The van der Waals surface area contributed by atoms with E-state index in [-0.39, 0.29) is 12.4 Å². The Morgan fingerprint density at radius 1 is 1.38 bits per heavy atom. The first kappa shape index (κ1) is 10.2. The minimum absolute atomic E-state index is 0.0326. The van der Waals surface area contributed by atoms with Gasteiger partial charge in [0, 0.05) is 12.0 Å². The minimum Gasteiger partial charge on any atom is -0.395 e. The third-order valence-corrected chi connectivity index (χ3v) is 2.34. The summed E-state index contributed by atoms with van der Waals surface area (Å²) in [7, 11) is 0. The number of aliphatic hydroxyl groups is 1. The molecule has 1 aromatic carbocycles. The van der Waals surface area contributed by atoms with Crippen LogP contribution in [0.4, 0.5) is 4.39 Å². The molecule has 1 rings (SSSR count). The van der Waals surface area contributed by atoms with Gasteiger partial charge in [0.1, 0.15) is 5.82 Å². The van der Waals surface area contributed by atoms with E-state index in [9.17, 15) is 4.39 Å². The van der Waals surface area contributed by atoms with Crippen LogP contribution in [0.1, 0.15) is 12.5 Å². The van der Waals surface area contributed by atoms with Gasteiger partial charge in [0.05, 0.1) is 6.61 Å². The molecule has 13 heavy (non-hydrogen) atoms. The minimum atomic E-state index is -0.465. The van der Waals surface area contributed by atoms with Crippen LogP contribution in [-0.2, 0) is 5.41 Å². The highest BCUT2D eigenvalue weighted by molar-refractivity contribution is 5.25. The summed E-state index contributed by atoms with van der Waals surface area (Å²) in [5, 5.41) is 9.13. The summed E-state index contributed by atoms with van der Waals surface area (Å²) < 4.78 is 12.6. The van der Waals surface area contributed by atoms with Crippen molar-refractivity contribution in [2.45, 2.75) is 12.3 Å². The molecular formula is C10H14FNO. The lowest BCUT2D eigenvalue weighted by atomic mass is 9.83. The molecule has 0 aliphatic heterocycles. The molecule has 0 bridgehead atoms. The van der Waals surface area contributed by atoms with Gasteiger partial charge in [0.25, 0.3) is 0 Å². The Morgan fingerprint density at radius 2 is 1.92 bits per heavy atom. The number of rotatable bonds is 3. The Bertz CT molecular complexity index is 267. The van der Waals surface area contributed by atoms with Crippen molar-refractivity contribution in [3.8, 4) is 0 Å². The van der Waals surface area contributed by atoms with Gasteiger partial charge in [-0.05, 0) is 17.7 Å². The standard InChI is InChI=1S/C10H14FNO/c1-10(6-12,7-13)8-2-4-9(11)5-3-8/h2-5,13H,6-7,12H2,1H3. The maximum atomic E-state index is 12.6. The van der Waals surface area contributed by atoms with Crippen LogP contribution in [0.3, 0.4) is 0 Å². The van der Waals surface area contributed by atoms with E-state index in [2.05, 4.69) is 0 Å². The van der Waals surface area contributed by atoms with Crippen molar-refractivity contribution in [3.05, 3.63) is 35.6 Å². The molecule has 0 heterocycles. The normalized spacial score (nSPS) is 15.4. The van der Waals surface area contributed by atoms with Crippen molar-refractivity contribution in [1.82, 2.24) is 0 Å². The smallest absolute Gasteiger partial charge is 0.123 e. The number of halogens is 1. The van der Waals surface area contributed by atoms with Crippen LogP contribution in [-0.4, -0.2) is 18.3 Å². The third kappa shape index (κ3) is 2.05. The number of hydrogen-bond donors (Lipinski definition) is 2. The molecule has 1 aromatic rings. The fraction of sp³-hybridized carbons (Fsp3) is 0.400. The number of benzene rings is 1. The highest BCUT2D eigenvalue weighted by Gasteiger charge is 2.23. The molecule has 1 atom stereocenters. The van der Waals surface area contributed by atoms with Crippen LogP contribution in [0.2, 0.25) is 0 Å². The average molecular weight is 183 g/mol. The van der Waals surface area contributed by atoms with E-state index in [1.165, 1.54) is 12.1 Å². The van der Waals surface area contributed by atoms with Gasteiger partial charge in [0.2, 0.25) is 0 Å². The largest absolute Gasteiger partial charge is 0.395 e. The summed E-state index contributed by atoms with van der Waals surface area (Å²) in [5.41, 5.74) is 5.93. The zero-order chi connectivity index (χ0) is 9.90. The molecule has 0 fully saturated rings. The van der Waals surface area contributed by atoms with Crippen molar-refractivity contribution >= 4 is 0 Å². The van der Waals surface area contributed by atoms with Crippen molar-refractivity contribution in [2.24, 2.45) is 5.73 Å². The maximum Gasteiger partial charge on any atom is 0.123 e. The highest BCUT2D eigenvalue weighted by atomic mass is 19.1. The van der Waals surface area contributed by atoms with Gasteiger partial charge in [-0.1, -0.05) is 19.1 Å². The molecule has 0 amide bonds. The van der Waals surface area contributed by atoms with Gasteiger partial charge >= 0.3 is 0 Å². The van der Waals surface area contributed by atoms with E-state index in [0.29, 0.717) is 6.54 Å². The van der Waals surface area contributed by atoms with Crippen molar-refractivity contribution < 1.29 is 9.50 Å². The predicted octanol–water partition coefficient (Wildman–Crippen LogP) is 1.03. The lowest BCUT2D eigenvalue weighted by molar-refractivity contribution is 0.210. The predicted molar refractivity (Wildman–Crippen MR) is 49.9 cm³/mol. The Hall–Kier alpha value is -0.930. The second kappa shape index (κ2) is 3.85. The molecule has 0 radical (unpaired) electrons. The van der Waals surface area contributed by atoms with Crippen molar-refractivity contribution in [1.29, 1.82) is 0 Å². The first-order valence-electron chi connectivity index (χ1n) is 4.19. The molecule has 0 aromatic heterocycles. The first-order valence-corrected chi connectivity index (χ1v) is 4.19. The number of nitrogens with two attached hydrogens (primary N) is 1. The molecule has 0 saturated carbocycles. The zero-order valence-corrected chi connectivity index (χ0v) is 7.63. The summed E-state index contributed by atoms with van der Waals surface area (Å²) in [6.45, 7) is 2.16. The molecule has 0 saturated heterocycles. The molecule has 72 valence electrons. The Balaban J connectivity index is 2.99. The number of hydrogen-bond acceptors (Lipinski definition) is 2. The quantitative estimate of drug-likeness (QED) is 0.735. The van der Waals surface area contributed by atoms with E-state index in [0.717, 1.165) is 5.56 Å². The van der Waals surface area contributed by atoms with E-state index in [1.807, 2.05) is 6.92 Å². The van der Waals surface area contributed by atoms with Gasteiger partial charge in [-0.3, -0.25) is 0 Å². The summed E-state index contributed by atoms with van der Waals surface area (Å²) >= 11 is 0. The Labute approximate surface area is 77.2 Å². The first-order chi connectivity index (χ1) is 6.12. The van der Waals surface area contributed by atoms with Crippen molar-refractivity contribution in [2.75, 3.05) is 13.2 Å². The van der Waals surface area contributed by atoms with Gasteiger partial charge < -0.3 is 10.8 Å². The van der Waals surface area contributed by atoms with Gasteiger partial charge in [-0.25, -0.2) is 4.39 Å². The second-order valence-electron chi connectivity index (χ2n) is 3.43. The van der Waals surface area contributed by atoms with E-state index in [1.54, 1.807) is 12.1 Å². The lowest BCUT2D eigenvalue weighted by Crippen LogP contribution is -2.35. The fourth-order valence-corrected chi connectivity index (χ4v) is 1.13. The van der Waals surface area contributed by atoms with Crippen LogP contribution in [0.25, 0.3) is 0 Å². The van der Waals surface area contributed by atoms with Crippen LogP contribution in [0.15, 0.2) is 24.3 Å². The maximum absolute atomic E-state index is 12.6. The van der Waals surface area contributed by atoms with Crippen LogP contribution in [0.5, 0.6) is 0 Å². The van der Waals surface area contributed by atoms with Crippen LogP contribution in [0, 0.1) is 5.82 Å². The van der Waals surface area contributed by atoms with Gasteiger partial charge in [0.15, 0.2) is 0 Å². The molecule has 0 spiro atoms. The van der Waals surface area contributed by atoms with E-state index >= 15 is 0 Å². The van der Waals surface area contributed by atoms with Crippen LogP contribution < -0.4 is 5.73 Å². The van der Waals surface area contributed by atoms with Gasteiger partial charge in [-0.15, -0.1) is 0 Å². The average Bonchev–Trinajstić information content (AvgIpc) is 2.18. The summed E-state index contributed by atoms with van der Waals surface area (Å²) in [6, 6.07) is 6.05. The molecule has 0 aliphatic rings. The summed E-state index contributed by atoms with van der Waals surface area (Å²) in [5.74, 6) is -0.277. The summed E-state index contributed by atoms with van der Waals surface area (Å²) in [4.78, 5) is 0. The van der Waals surface area contributed by atoms with Crippen molar-refractivity contribution in [3.63, 3.8) is 0 Å². The molecule has 3 heteroatoms. The monoisotopic (exact) mass is 183 g/mol.